The highest BCUT2D eigenvalue weighted by Crippen LogP contribution is 2.23. The second-order valence-corrected chi connectivity index (χ2v) is 5.22. The van der Waals surface area contributed by atoms with E-state index in [2.05, 4.69) is 0 Å². The van der Waals surface area contributed by atoms with Crippen molar-refractivity contribution in [3.05, 3.63) is 0 Å². The molecule has 2 aliphatic rings. The van der Waals surface area contributed by atoms with E-state index in [9.17, 15) is 4.79 Å². The Kier molecular flexibility index (Phi) is 4.66. The van der Waals surface area contributed by atoms with Crippen molar-refractivity contribution in [3.8, 4) is 0 Å². The highest BCUT2D eigenvalue weighted by molar-refractivity contribution is 5.68. The maximum atomic E-state index is 12.1. The molecule has 1 aliphatic heterocycles. The quantitative estimate of drug-likeness (QED) is 0.805. The van der Waals surface area contributed by atoms with Crippen molar-refractivity contribution < 1.29 is 9.53 Å². The van der Waals surface area contributed by atoms with Crippen LogP contribution in [0, 0.1) is 0 Å². The molecule has 1 saturated carbocycles. The molecule has 0 bridgehead atoms. The smallest absolute Gasteiger partial charge is 0.410 e. The molecule has 0 aromatic carbocycles. The number of carbonyl (C=O) groups is 1. The predicted octanol–water partition coefficient (Wildman–Crippen LogP) is 2.27. The Morgan fingerprint density at radius 1 is 1.12 bits per heavy atom. The van der Waals surface area contributed by atoms with Crippen LogP contribution in [-0.4, -0.2) is 36.2 Å². The number of likely N-dealkylation sites (tertiary alicyclic amines) is 1. The Morgan fingerprint density at radius 2 is 1.82 bits per heavy atom. The van der Waals surface area contributed by atoms with Crippen LogP contribution in [0.3, 0.4) is 0 Å². The third-order valence-corrected chi connectivity index (χ3v) is 3.95. The zero-order chi connectivity index (χ0) is 12.1. The molecule has 2 fully saturated rings. The van der Waals surface area contributed by atoms with Gasteiger partial charge in [-0.15, -0.1) is 0 Å². The first kappa shape index (κ1) is 12.7. The van der Waals surface area contributed by atoms with Gasteiger partial charge in [0.05, 0.1) is 0 Å². The fourth-order valence-electron chi connectivity index (χ4n) is 2.88. The van der Waals surface area contributed by atoms with Gasteiger partial charge < -0.3 is 15.4 Å². The van der Waals surface area contributed by atoms with Crippen LogP contribution in [0.25, 0.3) is 0 Å². The maximum Gasteiger partial charge on any atom is 0.410 e. The fraction of sp³-hybridized carbons (Fsp3) is 0.923. The first-order valence-corrected chi connectivity index (χ1v) is 6.98. The fourth-order valence-corrected chi connectivity index (χ4v) is 2.88. The number of amides is 1. The monoisotopic (exact) mass is 240 g/mol. The molecule has 0 radical (unpaired) electrons. The van der Waals surface area contributed by atoms with Crippen LogP contribution in [0.1, 0.15) is 51.4 Å². The van der Waals surface area contributed by atoms with E-state index in [1.54, 1.807) is 0 Å². The minimum Gasteiger partial charge on any atom is -0.446 e. The summed E-state index contributed by atoms with van der Waals surface area (Å²) in [5.41, 5.74) is 5.76. The molecule has 1 unspecified atom stereocenters. The molecule has 17 heavy (non-hydrogen) atoms. The molecule has 1 heterocycles. The molecule has 4 heteroatoms. The summed E-state index contributed by atoms with van der Waals surface area (Å²) in [5.74, 6) is 0. The summed E-state index contributed by atoms with van der Waals surface area (Å²) in [6.07, 6.45) is 8.96. The summed E-state index contributed by atoms with van der Waals surface area (Å²) >= 11 is 0. The Labute approximate surface area is 103 Å². The second-order valence-electron chi connectivity index (χ2n) is 5.22. The van der Waals surface area contributed by atoms with Gasteiger partial charge in [0, 0.05) is 19.1 Å². The predicted molar refractivity (Wildman–Crippen MR) is 66.8 cm³/mol. The molecule has 0 aromatic rings. The number of nitrogens with two attached hydrogens (primary N) is 1. The van der Waals surface area contributed by atoms with E-state index in [0.29, 0.717) is 6.54 Å². The second kappa shape index (κ2) is 6.24. The van der Waals surface area contributed by atoms with Gasteiger partial charge in [-0.1, -0.05) is 12.8 Å². The Morgan fingerprint density at radius 3 is 2.53 bits per heavy atom. The van der Waals surface area contributed by atoms with Crippen molar-refractivity contribution in [2.75, 3.05) is 13.1 Å². The third-order valence-electron chi connectivity index (χ3n) is 3.95. The third kappa shape index (κ3) is 3.35. The lowest BCUT2D eigenvalue weighted by molar-refractivity contribution is 0.0547. The average molecular weight is 240 g/mol. The molecule has 1 aliphatic carbocycles. The lowest BCUT2D eigenvalue weighted by atomic mass is 10.1. The largest absolute Gasteiger partial charge is 0.446 e. The number of hydrogen-bond donors (Lipinski definition) is 1. The van der Waals surface area contributed by atoms with Crippen LogP contribution >= 0.6 is 0 Å². The lowest BCUT2D eigenvalue weighted by Crippen LogP contribution is -2.45. The van der Waals surface area contributed by atoms with E-state index in [4.69, 9.17) is 10.5 Å². The minimum atomic E-state index is -0.130. The van der Waals surface area contributed by atoms with Crippen LogP contribution in [0.2, 0.25) is 0 Å². The van der Waals surface area contributed by atoms with E-state index < -0.39 is 0 Å². The van der Waals surface area contributed by atoms with E-state index in [1.165, 1.54) is 25.7 Å². The van der Waals surface area contributed by atoms with Gasteiger partial charge in [-0.25, -0.2) is 4.79 Å². The van der Waals surface area contributed by atoms with Gasteiger partial charge in [0.15, 0.2) is 0 Å². The SMILES string of the molecule is NCC1CCCCCN1C(=O)OC1CCCC1. The van der Waals surface area contributed by atoms with Gasteiger partial charge in [-0.05, 0) is 38.5 Å². The van der Waals surface area contributed by atoms with E-state index in [0.717, 1.165) is 32.2 Å². The van der Waals surface area contributed by atoms with Crippen LogP contribution in [0.4, 0.5) is 4.79 Å². The summed E-state index contributed by atoms with van der Waals surface area (Å²) in [6, 6.07) is 0.186. The molecule has 98 valence electrons. The lowest BCUT2D eigenvalue weighted by Gasteiger charge is -2.29. The number of ether oxygens (including phenoxy) is 1. The summed E-state index contributed by atoms with van der Waals surface area (Å²) in [6.45, 7) is 1.37. The Balaban J connectivity index is 1.89. The van der Waals surface area contributed by atoms with Gasteiger partial charge in [0.2, 0.25) is 0 Å². The van der Waals surface area contributed by atoms with Crippen molar-refractivity contribution in [2.24, 2.45) is 5.73 Å². The van der Waals surface area contributed by atoms with Crippen LogP contribution in [0.15, 0.2) is 0 Å². The molecule has 0 spiro atoms. The number of carbonyl (C=O) groups excluding carboxylic acids is 1. The topological polar surface area (TPSA) is 55.6 Å². The normalized spacial score (nSPS) is 26.9. The minimum absolute atomic E-state index is 0.130. The number of hydrogen-bond acceptors (Lipinski definition) is 3. The zero-order valence-corrected chi connectivity index (χ0v) is 10.6. The van der Waals surface area contributed by atoms with Crippen molar-refractivity contribution in [2.45, 2.75) is 63.5 Å². The standard InChI is InChI=1S/C13H24N2O2/c14-10-11-6-2-1-5-9-15(11)13(16)17-12-7-3-4-8-12/h11-12H,1-10,14H2. The van der Waals surface area contributed by atoms with Gasteiger partial charge >= 0.3 is 6.09 Å². The number of nitrogens with zero attached hydrogens (tertiary/aromatic N) is 1. The van der Waals surface area contributed by atoms with Crippen LogP contribution in [0.5, 0.6) is 0 Å². The molecule has 2 rings (SSSR count). The molecular formula is C13H24N2O2. The van der Waals surface area contributed by atoms with Gasteiger partial charge in [0.1, 0.15) is 6.10 Å². The average Bonchev–Trinajstić information content (AvgIpc) is 2.71. The molecule has 0 aromatic heterocycles. The van der Waals surface area contributed by atoms with Gasteiger partial charge in [-0.3, -0.25) is 0 Å². The van der Waals surface area contributed by atoms with E-state index >= 15 is 0 Å². The maximum absolute atomic E-state index is 12.1. The van der Waals surface area contributed by atoms with Crippen molar-refractivity contribution in [1.82, 2.24) is 4.90 Å². The first-order valence-electron chi connectivity index (χ1n) is 6.98. The summed E-state index contributed by atoms with van der Waals surface area (Å²) in [4.78, 5) is 14.0. The van der Waals surface area contributed by atoms with Crippen molar-refractivity contribution in [1.29, 1.82) is 0 Å². The van der Waals surface area contributed by atoms with Crippen LogP contribution < -0.4 is 5.73 Å². The molecule has 1 saturated heterocycles. The molecule has 4 nitrogen and oxygen atoms in total. The zero-order valence-electron chi connectivity index (χ0n) is 10.6. The molecule has 2 N–H and O–H groups in total. The van der Waals surface area contributed by atoms with E-state index in [1.807, 2.05) is 4.90 Å². The summed E-state index contributed by atoms with van der Waals surface area (Å²) < 4.78 is 5.57. The molecule has 1 atom stereocenters. The summed E-state index contributed by atoms with van der Waals surface area (Å²) in [7, 11) is 0. The summed E-state index contributed by atoms with van der Waals surface area (Å²) in [5, 5.41) is 0. The molecular weight excluding hydrogens is 216 g/mol. The Hall–Kier alpha value is -0.770. The van der Waals surface area contributed by atoms with Gasteiger partial charge in [0.25, 0.3) is 0 Å². The Bertz CT molecular complexity index is 252. The number of rotatable bonds is 2. The van der Waals surface area contributed by atoms with E-state index in [-0.39, 0.29) is 18.2 Å². The molecule has 1 amide bonds. The van der Waals surface area contributed by atoms with Crippen LogP contribution in [-0.2, 0) is 4.74 Å². The van der Waals surface area contributed by atoms with Crippen molar-refractivity contribution >= 4 is 6.09 Å². The van der Waals surface area contributed by atoms with Gasteiger partial charge in [-0.2, -0.15) is 0 Å². The highest BCUT2D eigenvalue weighted by atomic mass is 16.6. The highest BCUT2D eigenvalue weighted by Gasteiger charge is 2.28. The first-order chi connectivity index (χ1) is 8.31. The van der Waals surface area contributed by atoms with Crippen molar-refractivity contribution in [3.63, 3.8) is 0 Å².